The third kappa shape index (κ3) is 4.23. The number of likely N-dealkylation sites (tertiary alicyclic amines) is 1. The Bertz CT molecular complexity index is 1480. The van der Waals surface area contributed by atoms with E-state index in [-0.39, 0.29) is 23.7 Å². The topological polar surface area (TPSA) is 66.7 Å². The van der Waals surface area contributed by atoms with Gasteiger partial charge < -0.3 is 10.2 Å². The highest BCUT2D eigenvalue weighted by Gasteiger charge is 2.48. The fourth-order valence-electron chi connectivity index (χ4n) is 6.39. The summed E-state index contributed by atoms with van der Waals surface area (Å²) in [5.41, 5.74) is 3.44. The van der Waals surface area contributed by atoms with E-state index in [0.717, 1.165) is 28.9 Å². The minimum Gasteiger partial charge on any atom is -0.349 e. The molecule has 0 bridgehead atoms. The smallest absolute Gasteiger partial charge is 0.270 e. The van der Waals surface area contributed by atoms with Crippen LogP contribution in [0.5, 0.6) is 0 Å². The molecule has 0 spiro atoms. The predicted molar refractivity (Wildman–Crippen MR) is 142 cm³/mol. The second-order valence-electron chi connectivity index (χ2n) is 10.4. The Hall–Kier alpha value is -3.52. The monoisotopic (exact) mass is 516 g/mol. The number of rotatable bonds is 5. The molecule has 2 amide bonds. The lowest BCUT2D eigenvalue weighted by Gasteiger charge is -2.29. The first-order chi connectivity index (χ1) is 17.9. The summed E-state index contributed by atoms with van der Waals surface area (Å²) in [5.74, 6) is 0.875. The van der Waals surface area contributed by atoms with Crippen LogP contribution < -0.4 is 5.32 Å². The molecule has 6 rings (SSSR count). The largest absolute Gasteiger partial charge is 0.349 e. The molecule has 0 radical (unpaired) electrons. The number of nitrogens with one attached hydrogen (secondary N) is 1. The zero-order valence-electron chi connectivity index (χ0n) is 20.9. The molecule has 2 fully saturated rings. The van der Waals surface area contributed by atoms with Gasteiger partial charge in [0.1, 0.15) is 11.5 Å². The molecule has 2 aromatic heterocycles. The van der Waals surface area contributed by atoms with E-state index in [9.17, 15) is 14.0 Å². The maximum absolute atomic E-state index is 14.0. The van der Waals surface area contributed by atoms with Crippen LogP contribution in [0.1, 0.15) is 46.3 Å². The molecule has 3 heterocycles. The summed E-state index contributed by atoms with van der Waals surface area (Å²) < 4.78 is 15.4. The molecule has 6 nitrogen and oxygen atoms in total. The Balaban J connectivity index is 1.28. The predicted octanol–water partition coefficient (Wildman–Crippen LogP) is 5.43. The van der Waals surface area contributed by atoms with Crippen LogP contribution in [0.4, 0.5) is 4.39 Å². The fourth-order valence-corrected chi connectivity index (χ4v) is 7.15. The van der Waals surface area contributed by atoms with Crippen LogP contribution in [-0.4, -0.2) is 45.2 Å². The molecule has 8 heteroatoms. The molecular formula is C29H29FN4O2S. The normalized spacial score (nSPS) is 22.9. The number of imidazole rings is 1. The lowest BCUT2D eigenvalue weighted by Crippen LogP contribution is -2.46. The van der Waals surface area contributed by atoms with Gasteiger partial charge in [0.05, 0.1) is 11.7 Å². The Morgan fingerprint density at radius 3 is 2.73 bits per heavy atom. The Kier molecular flexibility index (Phi) is 6.07. The van der Waals surface area contributed by atoms with E-state index in [0.29, 0.717) is 47.8 Å². The summed E-state index contributed by atoms with van der Waals surface area (Å²) in [5, 5.41) is 5.05. The molecule has 1 N–H and O–H groups in total. The first-order valence-corrected chi connectivity index (χ1v) is 13.6. The van der Waals surface area contributed by atoms with E-state index >= 15 is 0 Å². The van der Waals surface area contributed by atoms with Crippen LogP contribution >= 0.6 is 11.3 Å². The number of fused-ring (bicyclic) bond motifs is 2. The maximum Gasteiger partial charge on any atom is 0.270 e. The van der Waals surface area contributed by atoms with Gasteiger partial charge in [0, 0.05) is 30.2 Å². The Morgan fingerprint density at radius 2 is 1.92 bits per heavy atom. The summed E-state index contributed by atoms with van der Waals surface area (Å²) >= 11 is 1.50. The molecule has 4 aromatic rings. The van der Waals surface area contributed by atoms with E-state index in [2.05, 4.69) is 17.2 Å². The number of hydrogen-bond donors (Lipinski definition) is 1. The Morgan fingerprint density at radius 1 is 1.14 bits per heavy atom. The van der Waals surface area contributed by atoms with Crippen LogP contribution in [-0.2, 0) is 0 Å². The van der Waals surface area contributed by atoms with Crippen molar-refractivity contribution < 1.29 is 14.0 Å². The molecule has 1 saturated carbocycles. The van der Waals surface area contributed by atoms with Crippen LogP contribution in [0, 0.1) is 30.5 Å². The van der Waals surface area contributed by atoms with Crippen LogP contribution in [0.15, 0.2) is 60.1 Å². The summed E-state index contributed by atoms with van der Waals surface area (Å²) in [4.78, 5) is 34.5. The molecule has 37 heavy (non-hydrogen) atoms. The highest BCUT2D eigenvalue weighted by Crippen LogP contribution is 2.45. The van der Waals surface area contributed by atoms with Crippen molar-refractivity contribution in [1.29, 1.82) is 0 Å². The number of carbonyl (C=O) groups is 2. The van der Waals surface area contributed by atoms with Gasteiger partial charge in [0.15, 0.2) is 4.96 Å². The van der Waals surface area contributed by atoms with Gasteiger partial charge in [-0.25, -0.2) is 9.37 Å². The summed E-state index contributed by atoms with van der Waals surface area (Å²) in [6, 6.07) is 13.7. The van der Waals surface area contributed by atoms with Gasteiger partial charge in [-0.05, 0) is 66.8 Å². The number of hydrogen-bond acceptors (Lipinski definition) is 4. The average molecular weight is 517 g/mol. The quantitative estimate of drug-likeness (QED) is 0.385. The van der Waals surface area contributed by atoms with Gasteiger partial charge in [-0.1, -0.05) is 37.3 Å². The highest BCUT2D eigenvalue weighted by atomic mass is 32.1. The van der Waals surface area contributed by atoms with E-state index < -0.39 is 0 Å². The van der Waals surface area contributed by atoms with Crippen molar-refractivity contribution in [2.75, 3.05) is 13.1 Å². The first-order valence-electron chi connectivity index (χ1n) is 12.8. The molecule has 4 atom stereocenters. The summed E-state index contributed by atoms with van der Waals surface area (Å²) in [6.45, 7) is 5.20. The van der Waals surface area contributed by atoms with Crippen molar-refractivity contribution in [3.05, 3.63) is 82.9 Å². The molecular weight excluding hydrogens is 487 g/mol. The SMILES string of the molecule is Cc1nc2sccn2c1C(=O)NCC1[C@H]2CC(C)CC2CN1C(=O)c1ccccc1-c1ccc(F)cc1. The van der Waals surface area contributed by atoms with Crippen molar-refractivity contribution in [3.63, 3.8) is 0 Å². The Labute approximate surface area is 219 Å². The fraction of sp³-hybridized carbons (Fsp3) is 0.345. The highest BCUT2D eigenvalue weighted by molar-refractivity contribution is 7.15. The van der Waals surface area contributed by atoms with Gasteiger partial charge >= 0.3 is 0 Å². The minimum atomic E-state index is -0.307. The van der Waals surface area contributed by atoms with Gasteiger partial charge in [-0.3, -0.25) is 14.0 Å². The first kappa shape index (κ1) is 23.9. The number of halogens is 1. The van der Waals surface area contributed by atoms with E-state index in [1.807, 2.05) is 52.1 Å². The molecule has 3 unspecified atom stereocenters. The van der Waals surface area contributed by atoms with E-state index in [1.165, 1.54) is 23.5 Å². The molecule has 1 aliphatic heterocycles. The van der Waals surface area contributed by atoms with Crippen LogP contribution in [0.25, 0.3) is 16.1 Å². The number of aromatic nitrogens is 2. The van der Waals surface area contributed by atoms with Gasteiger partial charge in [0.25, 0.3) is 11.8 Å². The molecule has 2 aromatic carbocycles. The van der Waals surface area contributed by atoms with E-state index in [1.54, 1.807) is 12.1 Å². The van der Waals surface area contributed by atoms with Gasteiger partial charge in [-0.15, -0.1) is 11.3 Å². The third-order valence-corrected chi connectivity index (χ3v) is 8.76. The molecule has 190 valence electrons. The van der Waals surface area contributed by atoms with Crippen LogP contribution in [0.2, 0.25) is 0 Å². The lowest BCUT2D eigenvalue weighted by atomic mass is 9.93. The van der Waals surface area contributed by atoms with Gasteiger partial charge in [0.2, 0.25) is 0 Å². The van der Waals surface area contributed by atoms with Crippen molar-refractivity contribution in [3.8, 4) is 11.1 Å². The molecule has 1 saturated heterocycles. The second kappa shape index (κ2) is 9.41. The standard InChI is InChI=1S/C29H29FN4O2S/c1-17-13-20-16-34(28(36)23-6-4-3-5-22(23)19-7-9-21(30)10-8-19)25(24(20)14-17)15-31-27(35)26-18(2)32-29-33(26)11-12-37-29/h3-12,17,20,24-25H,13-16H2,1-2H3,(H,31,35)/t17?,20?,24-,25?/m0/s1. The number of aryl methyl sites for hydroxylation is 1. The number of benzene rings is 2. The number of carbonyl (C=O) groups excluding carboxylic acids is 2. The van der Waals surface area contributed by atoms with Crippen molar-refractivity contribution in [1.82, 2.24) is 19.6 Å². The average Bonchev–Trinajstić information content (AvgIpc) is 3.63. The number of thiazole rings is 1. The second-order valence-corrected chi connectivity index (χ2v) is 11.3. The van der Waals surface area contributed by atoms with Gasteiger partial charge in [-0.2, -0.15) is 0 Å². The summed E-state index contributed by atoms with van der Waals surface area (Å²) in [7, 11) is 0. The minimum absolute atomic E-state index is 0.0398. The van der Waals surface area contributed by atoms with Crippen molar-refractivity contribution in [2.45, 2.75) is 32.7 Å². The van der Waals surface area contributed by atoms with Crippen LogP contribution in [0.3, 0.4) is 0 Å². The number of amides is 2. The molecule has 1 aliphatic carbocycles. The molecule has 2 aliphatic rings. The maximum atomic E-state index is 14.0. The summed E-state index contributed by atoms with van der Waals surface area (Å²) in [6.07, 6.45) is 4.01. The zero-order chi connectivity index (χ0) is 25.7. The lowest BCUT2D eigenvalue weighted by molar-refractivity contribution is 0.0697. The van der Waals surface area contributed by atoms with Crippen molar-refractivity contribution >= 4 is 28.1 Å². The van der Waals surface area contributed by atoms with Crippen molar-refractivity contribution in [2.24, 2.45) is 17.8 Å². The zero-order valence-corrected chi connectivity index (χ0v) is 21.7. The number of nitrogens with zero attached hydrogens (tertiary/aromatic N) is 3. The third-order valence-electron chi connectivity index (χ3n) is 8.01. The van der Waals surface area contributed by atoms with E-state index in [4.69, 9.17) is 0 Å².